The van der Waals surface area contributed by atoms with Crippen LogP contribution in [-0.4, -0.2) is 34.0 Å². The summed E-state index contributed by atoms with van der Waals surface area (Å²) in [6.07, 6.45) is -2.37. The van der Waals surface area contributed by atoms with Crippen molar-refractivity contribution < 1.29 is 22.8 Å². The molecule has 2 aromatic carbocycles. The molecule has 186 valence electrons. The molecule has 36 heavy (non-hydrogen) atoms. The van der Waals surface area contributed by atoms with Crippen LogP contribution in [0.25, 0.3) is 0 Å². The zero-order valence-electron chi connectivity index (χ0n) is 19.5. The van der Waals surface area contributed by atoms with Crippen molar-refractivity contribution in [1.29, 1.82) is 0 Å². The van der Waals surface area contributed by atoms with Crippen LogP contribution in [-0.2, 0) is 9.59 Å². The third-order valence-electron chi connectivity index (χ3n) is 6.56. The van der Waals surface area contributed by atoms with Crippen molar-refractivity contribution in [3.8, 4) is 0 Å². The van der Waals surface area contributed by atoms with Crippen molar-refractivity contribution in [2.45, 2.75) is 54.2 Å². The summed E-state index contributed by atoms with van der Waals surface area (Å²) < 4.78 is 41.3. The van der Waals surface area contributed by atoms with Crippen LogP contribution in [0.3, 0.4) is 0 Å². The second kappa shape index (κ2) is 9.24. The summed E-state index contributed by atoms with van der Waals surface area (Å²) >= 11 is 1.61. The Hall–Kier alpha value is -3.40. The van der Waals surface area contributed by atoms with E-state index < -0.39 is 41.9 Å². The molecule has 3 unspecified atom stereocenters. The van der Waals surface area contributed by atoms with Crippen LogP contribution in [0.1, 0.15) is 46.5 Å². The minimum absolute atomic E-state index is 0.0617. The molecule has 10 heteroatoms. The topological polar surface area (TPSA) is 84.0 Å². The first-order valence-corrected chi connectivity index (χ1v) is 12.3. The number of nitrogens with one attached hydrogen (secondary N) is 2. The van der Waals surface area contributed by atoms with Gasteiger partial charge in [-0.2, -0.15) is 13.2 Å². The molecule has 0 saturated carbocycles. The molecule has 6 nitrogen and oxygen atoms in total. The number of benzene rings is 2. The average molecular weight is 513 g/mol. The maximum Gasteiger partial charge on any atom is 0.409 e. The van der Waals surface area contributed by atoms with Crippen LogP contribution in [0.2, 0.25) is 0 Å². The highest BCUT2D eigenvalue weighted by atomic mass is 32.2. The first-order valence-electron chi connectivity index (χ1n) is 11.4. The number of piperidine rings is 1. The second-order valence-corrected chi connectivity index (χ2v) is 10.2. The number of hydrogen-bond donors (Lipinski definition) is 2. The summed E-state index contributed by atoms with van der Waals surface area (Å²) in [7, 11) is 0. The summed E-state index contributed by atoms with van der Waals surface area (Å²) in [5.74, 6) is -4.26. The van der Waals surface area contributed by atoms with Gasteiger partial charge in [0.05, 0.1) is 6.04 Å². The Labute approximate surface area is 210 Å². The number of halogens is 3. The number of rotatable bonds is 3. The number of aryl methyl sites for hydroxylation is 2. The van der Waals surface area contributed by atoms with E-state index in [-0.39, 0.29) is 12.2 Å². The molecule has 1 saturated heterocycles. The molecule has 0 spiro atoms. The molecule has 1 aromatic heterocycles. The van der Waals surface area contributed by atoms with Gasteiger partial charge in [-0.3, -0.25) is 9.59 Å². The van der Waals surface area contributed by atoms with Gasteiger partial charge in [0.1, 0.15) is 17.8 Å². The van der Waals surface area contributed by atoms with Gasteiger partial charge < -0.3 is 10.6 Å². The molecular weight excluding hydrogens is 489 g/mol. The number of hydrogen-bond acceptors (Lipinski definition) is 5. The molecule has 3 heterocycles. The second-order valence-electron chi connectivity index (χ2n) is 9.16. The predicted octanol–water partition coefficient (Wildman–Crippen LogP) is 4.61. The normalized spacial score (nSPS) is 21.8. The van der Waals surface area contributed by atoms with Crippen LogP contribution in [0.5, 0.6) is 0 Å². The van der Waals surface area contributed by atoms with Crippen LogP contribution >= 0.6 is 11.8 Å². The lowest BCUT2D eigenvalue weighted by Gasteiger charge is -2.37. The van der Waals surface area contributed by atoms with E-state index in [1.165, 1.54) is 18.5 Å². The largest absolute Gasteiger partial charge is 0.409 e. The number of alkyl halides is 3. The quantitative estimate of drug-likeness (QED) is 0.501. The fourth-order valence-electron chi connectivity index (χ4n) is 4.77. The lowest BCUT2D eigenvalue weighted by molar-refractivity contribution is -0.175. The molecule has 2 aliphatic rings. The van der Waals surface area contributed by atoms with Gasteiger partial charge in [-0.25, -0.2) is 9.97 Å². The smallest absolute Gasteiger partial charge is 0.344 e. The SMILES string of the molecule is Cc1ccc2c(c1)Sc1cc(C)ccc1C2NC(=O)C1CC(c2ncccn2)C(C(F)(F)F)NC1=O. The van der Waals surface area contributed by atoms with Crippen molar-refractivity contribution >= 4 is 23.6 Å². The van der Waals surface area contributed by atoms with Crippen LogP contribution < -0.4 is 10.6 Å². The van der Waals surface area contributed by atoms with Crippen molar-refractivity contribution in [2.75, 3.05) is 0 Å². The Bertz CT molecular complexity index is 1280. The van der Waals surface area contributed by atoms with Gasteiger partial charge in [0, 0.05) is 28.1 Å². The van der Waals surface area contributed by atoms with E-state index in [0.29, 0.717) is 0 Å². The number of carbonyl (C=O) groups excluding carboxylic acids is 2. The standard InChI is InChI=1S/C26H23F3N4O2S/c1-13-4-6-15-19(10-13)36-20-11-14(2)5-7-16(20)21(15)32-24(34)18-12-17(23-30-8-3-9-31-23)22(26(27,28)29)33-25(18)35/h3-11,17-18,21-22H,12H2,1-2H3,(H,32,34)(H,33,35). The van der Waals surface area contributed by atoms with Crippen LogP contribution in [0, 0.1) is 19.8 Å². The summed E-state index contributed by atoms with van der Waals surface area (Å²) in [5.41, 5.74) is 3.89. The molecule has 2 N–H and O–H groups in total. The minimum atomic E-state index is -4.71. The van der Waals surface area contributed by atoms with Gasteiger partial charge in [-0.1, -0.05) is 36.0 Å². The van der Waals surface area contributed by atoms with Crippen molar-refractivity contribution in [3.63, 3.8) is 0 Å². The number of carbonyl (C=O) groups is 2. The van der Waals surface area contributed by atoms with Crippen molar-refractivity contribution in [3.05, 3.63) is 82.9 Å². The Kier molecular flexibility index (Phi) is 6.23. The molecule has 2 aliphatic heterocycles. The summed E-state index contributed by atoms with van der Waals surface area (Å²) in [6.45, 7) is 3.96. The number of fused-ring (bicyclic) bond motifs is 2. The van der Waals surface area contributed by atoms with E-state index in [2.05, 4.69) is 15.3 Å². The molecule has 0 radical (unpaired) electrons. The number of nitrogens with zero attached hydrogens (tertiary/aromatic N) is 2. The Morgan fingerprint density at radius 1 is 1.03 bits per heavy atom. The molecule has 0 bridgehead atoms. The lowest BCUT2D eigenvalue weighted by atomic mass is 9.82. The highest BCUT2D eigenvalue weighted by Crippen LogP contribution is 2.46. The maximum absolute atomic E-state index is 13.8. The maximum atomic E-state index is 13.8. The third kappa shape index (κ3) is 4.57. The van der Waals surface area contributed by atoms with Crippen LogP contribution in [0.4, 0.5) is 13.2 Å². The Morgan fingerprint density at radius 2 is 1.61 bits per heavy atom. The van der Waals surface area contributed by atoms with Crippen LogP contribution in [0.15, 0.2) is 64.6 Å². The summed E-state index contributed by atoms with van der Waals surface area (Å²) in [5, 5.41) is 4.98. The van der Waals surface area contributed by atoms with E-state index >= 15 is 0 Å². The van der Waals surface area contributed by atoms with Gasteiger partial charge in [0.25, 0.3) is 0 Å². The molecule has 0 aliphatic carbocycles. The number of amides is 2. The van der Waals surface area contributed by atoms with E-state index in [1.54, 1.807) is 11.8 Å². The summed E-state index contributed by atoms with van der Waals surface area (Å²) in [6, 6.07) is 10.6. The highest BCUT2D eigenvalue weighted by Gasteiger charge is 2.53. The fourth-order valence-corrected chi connectivity index (χ4v) is 6.10. The molecule has 1 fully saturated rings. The van der Waals surface area contributed by atoms with Gasteiger partial charge in [-0.15, -0.1) is 0 Å². The Balaban J connectivity index is 1.47. The fraction of sp³-hybridized carbons (Fsp3) is 0.308. The first kappa shape index (κ1) is 24.3. The van der Waals surface area contributed by atoms with Gasteiger partial charge >= 0.3 is 6.18 Å². The average Bonchev–Trinajstić information content (AvgIpc) is 2.83. The van der Waals surface area contributed by atoms with Gasteiger partial charge in [0.15, 0.2) is 0 Å². The van der Waals surface area contributed by atoms with Gasteiger partial charge in [-0.05, 0) is 60.7 Å². The molecule has 5 rings (SSSR count). The van der Waals surface area contributed by atoms with Crippen molar-refractivity contribution in [1.82, 2.24) is 20.6 Å². The van der Waals surface area contributed by atoms with E-state index in [1.807, 2.05) is 55.6 Å². The zero-order chi connectivity index (χ0) is 25.6. The summed E-state index contributed by atoms with van der Waals surface area (Å²) in [4.78, 5) is 36.2. The van der Waals surface area contributed by atoms with E-state index in [0.717, 1.165) is 32.0 Å². The van der Waals surface area contributed by atoms with E-state index in [4.69, 9.17) is 0 Å². The predicted molar refractivity (Wildman–Crippen MR) is 127 cm³/mol. The molecule has 3 atom stereocenters. The minimum Gasteiger partial charge on any atom is -0.344 e. The molecular formula is C26H23F3N4O2S. The first-order chi connectivity index (χ1) is 17.1. The lowest BCUT2D eigenvalue weighted by Crippen LogP contribution is -2.58. The van der Waals surface area contributed by atoms with Crippen molar-refractivity contribution in [2.24, 2.45) is 5.92 Å². The van der Waals surface area contributed by atoms with Gasteiger partial charge in [0.2, 0.25) is 11.8 Å². The Morgan fingerprint density at radius 3 is 2.17 bits per heavy atom. The monoisotopic (exact) mass is 512 g/mol. The number of aromatic nitrogens is 2. The highest BCUT2D eigenvalue weighted by molar-refractivity contribution is 7.99. The third-order valence-corrected chi connectivity index (χ3v) is 7.71. The molecule has 3 aromatic rings. The molecule has 2 amide bonds. The zero-order valence-corrected chi connectivity index (χ0v) is 20.3. The van der Waals surface area contributed by atoms with E-state index in [9.17, 15) is 22.8 Å².